The third-order valence-corrected chi connectivity index (χ3v) is 5.05. The van der Waals surface area contributed by atoms with E-state index in [1.807, 2.05) is 19.2 Å². The largest absolute Gasteiger partial charge is 0.346 e. The molecule has 1 fully saturated rings. The zero-order valence-corrected chi connectivity index (χ0v) is 14.0. The Bertz CT molecular complexity index is 680. The molecule has 1 saturated heterocycles. The maximum absolute atomic E-state index is 12.5. The molecule has 7 heteroatoms. The molecular weight excluding hydrogens is 298 g/mol. The van der Waals surface area contributed by atoms with E-state index < -0.39 is 0 Å². The normalized spacial score (nSPS) is 16.3. The van der Waals surface area contributed by atoms with Gasteiger partial charge >= 0.3 is 5.69 Å². The summed E-state index contributed by atoms with van der Waals surface area (Å²) in [7, 11) is 0. The fourth-order valence-corrected chi connectivity index (χ4v) is 3.64. The molecule has 1 N–H and O–H groups in total. The average Bonchev–Trinajstić information content (AvgIpc) is 3.05. The van der Waals surface area contributed by atoms with E-state index in [4.69, 9.17) is 0 Å². The Hall–Kier alpha value is -1.47. The molecule has 0 spiro atoms. The van der Waals surface area contributed by atoms with Gasteiger partial charge in [0, 0.05) is 18.3 Å². The van der Waals surface area contributed by atoms with Crippen LogP contribution in [0.3, 0.4) is 0 Å². The van der Waals surface area contributed by atoms with Crippen LogP contribution in [0.15, 0.2) is 10.2 Å². The van der Waals surface area contributed by atoms with Crippen molar-refractivity contribution in [2.24, 2.45) is 5.92 Å². The molecule has 0 bridgehead atoms. The van der Waals surface area contributed by atoms with Gasteiger partial charge in [-0.15, -0.1) is 11.3 Å². The Morgan fingerprint density at radius 1 is 1.41 bits per heavy atom. The molecule has 0 saturated carbocycles. The third kappa shape index (κ3) is 3.30. The van der Waals surface area contributed by atoms with Crippen molar-refractivity contribution in [3.63, 3.8) is 0 Å². The van der Waals surface area contributed by atoms with Crippen molar-refractivity contribution in [1.29, 1.82) is 0 Å². The van der Waals surface area contributed by atoms with E-state index in [0.717, 1.165) is 48.9 Å². The van der Waals surface area contributed by atoms with Crippen LogP contribution in [-0.4, -0.2) is 32.4 Å². The minimum atomic E-state index is -0.0166. The topological polar surface area (TPSA) is 64.7 Å². The quantitative estimate of drug-likeness (QED) is 0.904. The third-order valence-electron chi connectivity index (χ3n) is 4.22. The second-order valence-electron chi connectivity index (χ2n) is 5.86. The number of aromatic nitrogens is 4. The fraction of sp³-hybridized carbons (Fsp3) is 0.667. The number of nitrogens with one attached hydrogen (secondary N) is 1. The van der Waals surface area contributed by atoms with Crippen LogP contribution in [0.5, 0.6) is 0 Å². The molecule has 6 nitrogen and oxygen atoms in total. The molecule has 1 aliphatic rings. The van der Waals surface area contributed by atoms with Crippen molar-refractivity contribution in [1.82, 2.24) is 24.6 Å². The highest BCUT2D eigenvalue weighted by Crippen LogP contribution is 2.16. The lowest BCUT2D eigenvalue weighted by Gasteiger charge is -2.21. The molecule has 0 atom stereocenters. The first-order valence-corrected chi connectivity index (χ1v) is 8.83. The average molecular weight is 321 g/mol. The van der Waals surface area contributed by atoms with E-state index in [0.29, 0.717) is 19.0 Å². The fourth-order valence-electron chi connectivity index (χ4n) is 3.04. The van der Waals surface area contributed by atoms with Crippen LogP contribution in [0.2, 0.25) is 0 Å². The van der Waals surface area contributed by atoms with Crippen molar-refractivity contribution in [3.05, 3.63) is 32.4 Å². The standard InChI is InChI=1S/C15H23N5OS/c1-3-19-14(8-12-4-6-16-7-5-12)18-20(15(19)21)9-13-10-22-11(2)17-13/h10,12,16H,3-9H2,1-2H3. The van der Waals surface area contributed by atoms with Gasteiger partial charge in [0.05, 0.1) is 17.2 Å². The highest BCUT2D eigenvalue weighted by Gasteiger charge is 2.19. The van der Waals surface area contributed by atoms with E-state index in [1.165, 1.54) is 0 Å². The summed E-state index contributed by atoms with van der Waals surface area (Å²) in [5.41, 5.74) is 0.899. The maximum Gasteiger partial charge on any atom is 0.346 e. The van der Waals surface area contributed by atoms with E-state index in [9.17, 15) is 4.79 Å². The number of hydrogen-bond donors (Lipinski definition) is 1. The van der Waals surface area contributed by atoms with Crippen LogP contribution >= 0.6 is 11.3 Å². The van der Waals surface area contributed by atoms with Gasteiger partial charge in [-0.3, -0.25) is 4.57 Å². The molecule has 0 aliphatic carbocycles. The maximum atomic E-state index is 12.5. The lowest BCUT2D eigenvalue weighted by atomic mass is 9.94. The van der Waals surface area contributed by atoms with Gasteiger partial charge < -0.3 is 5.32 Å². The Balaban J connectivity index is 1.80. The molecule has 3 heterocycles. The number of piperidine rings is 1. The Kier molecular flexibility index (Phi) is 4.73. The summed E-state index contributed by atoms with van der Waals surface area (Å²) in [5.74, 6) is 1.55. The van der Waals surface area contributed by atoms with Gasteiger partial charge in [-0.05, 0) is 45.7 Å². The monoisotopic (exact) mass is 321 g/mol. The predicted octanol–water partition coefficient (Wildman–Crippen LogP) is 1.42. The first kappa shape index (κ1) is 15.4. The molecule has 120 valence electrons. The highest BCUT2D eigenvalue weighted by molar-refractivity contribution is 7.09. The smallest absolute Gasteiger partial charge is 0.317 e. The van der Waals surface area contributed by atoms with E-state index in [1.54, 1.807) is 20.6 Å². The summed E-state index contributed by atoms with van der Waals surface area (Å²) in [6, 6.07) is 0. The molecule has 22 heavy (non-hydrogen) atoms. The Morgan fingerprint density at radius 3 is 2.82 bits per heavy atom. The van der Waals surface area contributed by atoms with E-state index >= 15 is 0 Å². The number of hydrogen-bond acceptors (Lipinski definition) is 5. The van der Waals surface area contributed by atoms with Gasteiger partial charge in [0.1, 0.15) is 5.82 Å². The van der Waals surface area contributed by atoms with Crippen LogP contribution in [-0.2, 0) is 19.5 Å². The summed E-state index contributed by atoms with van der Waals surface area (Å²) in [6.07, 6.45) is 3.22. The SMILES string of the molecule is CCn1c(CC2CCNCC2)nn(Cc2csc(C)n2)c1=O. The van der Waals surface area contributed by atoms with Gasteiger partial charge in [-0.2, -0.15) is 5.10 Å². The number of rotatable bonds is 5. The van der Waals surface area contributed by atoms with Crippen LogP contribution in [0.1, 0.15) is 36.3 Å². The van der Waals surface area contributed by atoms with Crippen molar-refractivity contribution >= 4 is 11.3 Å². The first-order valence-electron chi connectivity index (χ1n) is 7.95. The van der Waals surface area contributed by atoms with Gasteiger partial charge in [-0.1, -0.05) is 0 Å². The molecule has 2 aromatic rings. The van der Waals surface area contributed by atoms with E-state index in [-0.39, 0.29) is 5.69 Å². The number of aryl methyl sites for hydroxylation is 1. The molecule has 2 aromatic heterocycles. The molecule has 3 rings (SSSR count). The van der Waals surface area contributed by atoms with Crippen molar-refractivity contribution < 1.29 is 0 Å². The number of nitrogens with zero attached hydrogens (tertiary/aromatic N) is 4. The van der Waals surface area contributed by atoms with Crippen molar-refractivity contribution in [2.45, 2.75) is 46.2 Å². The van der Waals surface area contributed by atoms with Crippen LogP contribution in [0.25, 0.3) is 0 Å². The summed E-state index contributed by atoms with van der Waals surface area (Å²) in [6.45, 7) is 7.26. The molecule has 0 amide bonds. The zero-order chi connectivity index (χ0) is 15.5. The minimum Gasteiger partial charge on any atom is -0.317 e. The molecule has 0 radical (unpaired) electrons. The Labute approximate surface area is 134 Å². The molecule has 0 unspecified atom stereocenters. The Morgan fingerprint density at radius 2 is 2.18 bits per heavy atom. The summed E-state index contributed by atoms with van der Waals surface area (Å²) in [4.78, 5) is 16.9. The minimum absolute atomic E-state index is 0.0166. The van der Waals surface area contributed by atoms with Crippen molar-refractivity contribution in [2.75, 3.05) is 13.1 Å². The zero-order valence-electron chi connectivity index (χ0n) is 13.2. The van der Waals surface area contributed by atoms with E-state index in [2.05, 4.69) is 15.4 Å². The van der Waals surface area contributed by atoms with Crippen LogP contribution in [0, 0.1) is 12.8 Å². The second kappa shape index (κ2) is 6.75. The molecule has 0 aromatic carbocycles. The van der Waals surface area contributed by atoms with Gasteiger partial charge in [0.25, 0.3) is 0 Å². The summed E-state index contributed by atoms with van der Waals surface area (Å²) >= 11 is 1.61. The number of thiazole rings is 1. The van der Waals surface area contributed by atoms with Gasteiger partial charge in [0.15, 0.2) is 0 Å². The lowest BCUT2D eigenvalue weighted by Crippen LogP contribution is -2.30. The van der Waals surface area contributed by atoms with Crippen molar-refractivity contribution in [3.8, 4) is 0 Å². The lowest BCUT2D eigenvalue weighted by molar-refractivity contribution is 0.362. The first-order chi connectivity index (χ1) is 10.7. The highest BCUT2D eigenvalue weighted by atomic mass is 32.1. The summed E-state index contributed by atoms with van der Waals surface area (Å²) in [5, 5.41) is 11.0. The molecule has 1 aliphatic heterocycles. The molecular formula is C15H23N5OS. The summed E-state index contributed by atoms with van der Waals surface area (Å²) < 4.78 is 3.37. The van der Waals surface area contributed by atoms with Gasteiger partial charge in [-0.25, -0.2) is 14.5 Å². The second-order valence-corrected chi connectivity index (χ2v) is 6.92. The van der Waals surface area contributed by atoms with Crippen LogP contribution in [0.4, 0.5) is 0 Å². The predicted molar refractivity (Wildman–Crippen MR) is 87.4 cm³/mol. The van der Waals surface area contributed by atoms with Gasteiger partial charge in [0.2, 0.25) is 0 Å². The van der Waals surface area contributed by atoms with Crippen LogP contribution < -0.4 is 11.0 Å².